The molecule has 144 valence electrons. The maximum absolute atomic E-state index is 12.8. The molecule has 6 heteroatoms. The molecule has 1 fully saturated rings. The highest BCUT2D eigenvalue weighted by molar-refractivity contribution is 7.22. The Bertz CT molecular complexity index is 1220. The Labute approximate surface area is 172 Å². The number of nitrogens with zero attached hydrogens (tertiary/aromatic N) is 2. The Hall–Kier alpha value is -3.25. The van der Waals surface area contributed by atoms with Gasteiger partial charge in [-0.15, -0.1) is 0 Å². The number of benzene rings is 3. The molecule has 29 heavy (non-hydrogen) atoms. The molecule has 4 aromatic rings. The lowest BCUT2D eigenvalue weighted by Gasteiger charge is -2.16. The van der Waals surface area contributed by atoms with E-state index < -0.39 is 0 Å². The number of aromatic nitrogens is 1. The number of rotatable bonds is 4. The monoisotopic (exact) mass is 401 g/mol. The number of hydrogen-bond donors (Lipinski definition) is 1. The third-order valence-electron chi connectivity index (χ3n) is 5.32. The quantitative estimate of drug-likeness (QED) is 0.550. The van der Waals surface area contributed by atoms with Gasteiger partial charge in [0.05, 0.1) is 16.1 Å². The van der Waals surface area contributed by atoms with E-state index in [2.05, 4.69) is 22.4 Å². The Morgan fingerprint density at radius 2 is 1.86 bits per heavy atom. The summed E-state index contributed by atoms with van der Waals surface area (Å²) in [5.41, 5.74) is 1.97. The molecule has 0 spiro atoms. The van der Waals surface area contributed by atoms with Crippen molar-refractivity contribution in [3.8, 4) is 0 Å². The molecule has 0 bridgehead atoms. The SMILES string of the molecule is O=C(Nc1nc2c(ccc3ccccc32)s1)C1CC(=O)N(Cc2ccccc2)C1. The van der Waals surface area contributed by atoms with E-state index in [-0.39, 0.29) is 24.2 Å². The topological polar surface area (TPSA) is 62.3 Å². The summed E-state index contributed by atoms with van der Waals surface area (Å²) in [5, 5.41) is 5.71. The van der Waals surface area contributed by atoms with Crippen LogP contribution in [-0.2, 0) is 16.1 Å². The fourth-order valence-electron chi connectivity index (χ4n) is 3.83. The van der Waals surface area contributed by atoms with Gasteiger partial charge in [0, 0.05) is 24.9 Å². The average Bonchev–Trinajstić information content (AvgIpc) is 3.32. The minimum atomic E-state index is -0.352. The molecule has 5 nitrogen and oxygen atoms in total. The smallest absolute Gasteiger partial charge is 0.231 e. The molecule has 5 rings (SSSR count). The van der Waals surface area contributed by atoms with Crippen molar-refractivity contribution in [2.45, 2.75) is 13.0 Å². The molecule has 1 aromatic heterocycles. The number of carbonyl (C=O) groups is 2. The van der Waals surface area contributed by atoms with Gasteiger partial charge in [-0.1, -0.05) is 72.0 Å². The first-order chi connectivity index (χ1) is 14.2. The standard InChI is InChI=1S/C23H19N3O2S/c27-20-12-17(14-26(20)13-15-6-2-1-3-7-15)22(28)25-23-24-21-18-9-5-4-8-16(18)10-11-19(21)29-23/h1-11,17H,12-14H2,(H,24,25,28). The van der Waals surface area contributed by atoms with Crippen molar-refractivity contribution < 1.29 is 9.59 Å². The van der Waals surface area contributed by atoms with Gasteiger partial charge >= 0.3 is 0 Å². The molecule has 1 aliphatic heterocycles. The number of likely N-dealkylation sites (tertiary alicyclic amines) is 1. The summed E-state index contributed by atoms with van der Waals surface area (Å²) in [6.07, 6.45) is 0.243. The van der Waals surface area contributed by atoms with Crippen LogP contribution in [0.1, 0.15) is 12.0 Å². The molecule has 1 saturated heterocycles. The Kier molecular flexibility index (Phi) is 4.48. The van der Waals surface area contributed by atoms with Crippen LogP contribution in [-0.4, -0.2) is 28.2 Å². The minimum absolute atomic E-state index is 0.0179. The van der Waals surface area contributed by atoms with Gasteiger partial charge in [-0.3, -0.25) is 9.59 Å². The van der Waals surface area contributed by atoms with Crippen LogP contribution in [0.5, 0.6) is 0 Å². The average molecular weight is 401 g/mol. The summed E-state index contributed by atoms with van der Waals surface area (Å²) < 4.78 is 1.03. The van der Waals surface area contributed by atoms with E-state index in [4.69, 9.17) is 0 Å². The predicted octanol–water partition coefficient (Wildman–Crippen LogP) is 4.44. The van der Waals surface area contributed by atoms with Gasteiger partial charge in [-0.2, -0.15) is 0 Å². The van der Waals surface area contributed by atoms with Gasteiger partial charge in [0.1, 0.15) is 0 Å². The first-order valence-corrected chi connectivity index (χ1v) is 10.4. The lowest BCUT2D eigenvalue weighted by Crippen LogP contribution is -2.28. The first kappa shape index (κ1) is 17.8. The summed E-state index contributed by atoms with van der Waals surface area (Å²) in [6, 6.07) is 22.0. The Balaban J connectivity index is 1.31. The predicted molar refractivity (Wildman–Crippen MR) is 116 cm³/mol. The summed E-state index contributed by atoms with van der Waals surface area (Å²) in [7, 11) is 0. The second-order valence-corrected chi connectivity index (χ2v) is 8.33. The Morgan fingerprint density at radius 3 is 2.72 bits per heavy atom. The lowest BCUT2D eigenvalue weighted by molar-refractivity contribution is -0.128. The van der Waals surface area contributed by atoms with Gasteiger partial charge in [-0.05, 0) is 17.0 Å². The van der Waals surface area contributed by atoms with Gasteiger partial charge in [0.25, 0.3) is 0 Å². The van der Waals surface area contributed by atoms with Crippen molar-refractivity contribution in [1.82, 2.24) is 9.88 Å². The normalized spacial score (nSPS) is 16.6. The number of thiazole rings is 1. The molecule has 1 atom stereocenters. The molecular weight excluding hydrogens is 382 g/mol. The van der Waals surface area contributed by atoms with Crippen LogP contribution >= 0.6 is 11.3 Å². The first-order valence-electron chi connectivity index (χ1n) is 9.58. The van der Waals surface area contributed by atoms with Crippen LogP contribution in [0.25, 0.3) is 21.0 Å². The fourth-order valence-corrected chi connectivity index (χ4v) is 4.71. The zero-order chi connectivity index (χ0) is 19.8. The molecular formula is C23H19N3O2S. The van der Waals surface area contributed by atoms with Crippen molar-refractivity contribution in [3.05, 3.63) is 72.3 Å². The van der Waals surface area contributed by atoms with Crippen LogP contribution in [0.15, 0.2) is 66.7 Å². The Morgan fingerprint density at radius 1 is 1.07 bits per heavy atom. The largest absolute Gasteiger partial charge is 0.338 e. The highest BCUT2D eigenvalue weighted by Gasteiger charge is 2.34. The van der Waals surface area contributed by atoms with Crippen molar-refractivity contribution in [2.75, 3.05) is 11.9 Å². The van der Waals surface area contributed by atoms with E-state index in [1.54, 1.807) is 4.90 Å². The number of amides is 2. The second kappa shape index (κ2) is 7.29. The number of nitrogens with one attached hydrogen (secondary N) is 1. The number of anilines is 1. The van der Waals surface area contributed by atoms with Gasteiger partial charge in [0.2, 0.25) is 11.8 Å². The van der Waals surface area contributed by atoms with E-state index in [0.29, 0.717) is 18.2 Å². The second-order valence-electron chi connectivity index (χ2n) is 7.30. The molecule has 0 radical (unpaired) electrons. The van der Waals surface area contributed by atoms with Crippen molar-refractivity contribution >= 4 is 49.3 Å². The zero-order valence-corrected chi connectivity index (χ0v) is 16.5. The lowest BCUT2D eigenvalue weighted by atomic mass is 10.1. The van der Waals surface area contributed by atoms with E-state index in [1.807, 2.05) is 54.6 Å². The molecule has 0 saturated carbocycles. The van der Waals surface area contributed by atoms with Gasteiger partial charge < -0.3 is 10.2 Å². The molecule has 0 aliphatic carbocycles. The zero-order valence-electron chi connectivity index (χ0n) is 15.7. The highest BCUT2D eigenvalue weighted by atomic mass is 32.1. The van der Waals surface area contributed by atoms with Crippen molar-refractivity contribution in [2.24, 2.45) is 5.92 Å². The van der Waals surface area contributed by atoms with Crippen LogP contribution in [0.2, 0.25) is 0 Å². The molecule has 1 N–H and O–H groups in total. The van der Waals surface area contributed by atoms with Crippen molar-refractivity contribution in [1.29, 1.82) is 0 Å². The van der Waals surface area contributed by atoms with E-state index in [1.165, 1.54) is 11.3 Å². The maximum Gasteiger partial charge on any atom is 0.231 e. The maximum atomic E-state index is 12.8. The third-order valence-corrected chi connectivity index (χ3v) is 6.25. The van der Waals surface area contributed by atoms with Gasteiger partial charge in [0.15, 0.2) is 5.13 Å². The molecule has 2 amide bonds. The summed E-state index contributed by atoms with van der Waals surface area (Å²) >= 11 is 1.46. The van der Waals surface area contributed by atoms with Crippen LogP contribution < -0.4 is 5.32 Å². The minimum Gasteiger partial charge on any atom is -0.338 e. The summed E-state index contributed by atoms with van der Waals surface area (Å²) in [4.78, 5) is 31.5. The molecule has 2 heterocycles. The van der Waals surface area contributed by atoms with Gasteiger partial charge in [-0.25, -0.2) is 4.98 Å². The molecule has 1 unspecified atom stereocenters. The molecule has 1 aliphatic rings. The molecule has 3 aromatic carbocycles. The van der Waals surface area contributed by atoms with Crippen LogP contribution in [0, 0.1) is 5.92 Å². The fraction of sp³-hybridized carbons (Fsp3) is 0.174. The highest BCUT2D eigenvalue weighted by Crippen LogP contribution is 2.32. The number of hydrogen-bond acceptors (Lipinski definition) is 4. The van der Waals surface area contributed by atoms with Crippen LogP contribution in [0.4, 0.5) is 5.13 Å². The van der Waals surface area contributed by atoms with Crippen LogP contribution in [0.3, 0.4) is 0 Å². The summed E-state index contributed by atoms with van der Waals surface area (Å²) in [6.45, 7) is 0.976. The van der Waals surface area contributed by atoms with E-state index in [0.717, 1.165) is 26.6 Å². The van der Waals surface area contributed by atoms with Crippen molar-refractivity contribution in [3.63, 3.8) is 0 Å². The summed E-state index contributed by atoms with van der Waals surface area (Å²) in [5.74, 6) is -0.475. The van der Waals surface area contributed by atoms with E-state index >= 15 is 0 Å². The third kappa shape index (κ3) is 3.47. The number of fused-ring (bicyclic) bond motifs is 3. The number of carbonyl (C=O) groups excluding carboxylic acids is 2. The van der Waals surface area contributed by atoms with E-state index in [9.17, 15) is 9.59 Å².